The molecule has 214 valence electrons. The Labute approximate surface area is 237 Å². The largest absolute Gasteiger partial charge is 0.540 e. The molecular weight excluding hydrogens is 504 g/mol. The van der Waals surface area contributed by atoms with Crippen molar-refractivity contribution in [3.63, 3.8) is 0 Å². The monoisotopic (exact) mass is 552 g/mol. The molecule has 0 radical (unpaired) electrons. The summed E-state index contributed by atoms with van der Waals surface area (Å²) in [5.74, 6) is 3.39. The molecule has 2 aromatic rings. The van der Waals surface area contributed by atoms with Gasteiger partial charge in [-0.15, -0.1) is 0 Å². The molecular formula is C33H48O5Si. The molecule has 0 bridgehead atoms. The number of ether oxygens (including phenoxy) is 4. The molecule has 0 aromatic heterocycles. The summed E-state index contributed by atoms with van der Waals surface area (Å²) in [6.07, 6.45) is 7.55. The van der Waals surface area contributed by atoms with Crippen LogP contribution >= 0.6 is 0 Å². The minimum Gasteiger partial charge on any atom is -0.540 e. The molecule has 2 aliphatic rings. The highest BCUT2D eigenvalue weighted by atomic mass is 28.4. The number of fused-ring (bicyclic) bond motifs is 2. The number of hydrogen-bond donors (Lipinski definition) is 0. The molecule has 1 heterocycles. The van der Waals surface area contributed by atoms with E-state index in [0.29, 0.717) is 29.8 Å². The standard InChI is InChI=1S/C33H48O5Si/c1-23(2)39(24(3)4,25(5)6)38-31-17-16-30-29(32(31)35-8)21-27-11-9-10-18-33(27,37-30)19-20-36-22-26-12-14-28(34-7)15-13-26/h12-17,21,23-25H,9-11,18-20,22H2,1-8H3/t33-/m1/s1. The van der Waals surface area contributed by atoms with Crippen molar-refractivity contribution >= 4 is 14.4 Å². The van der Waals surface area contributed by atoms with Gasteiger partial charge in [0.15, 0.2) is 5.75 Å². The summed E-state index contributed by atoms with van der Waals surface area (Å²) in [6, 6.07) is 12.2. The third-order valence-electron chi connectivity index (χ3n) is 8.88. The van der Waals surface area contributed by atoms with Gasteiger partial charge in [-0.25, -0.2) is 0 Å². The molecule has 1 fully saturated rings. The molecule has 1 saturated carbocycles. The van der Waals surface area contributed by atoms with Crippen molar-refractivity contribution in [3.05, 3.63) is 53.1 Å². The molecule has 1 atom stereocenters. The molecule has 5 nitrogen and oxygen atoms in total. The number of methoxy groups -OCH3 is 2. The van der Waals surface area contributed by atoms with Crippen LogP contribution in [0.3, 0.4) is 0 Å². The van der Waals surface area contributed by atoms with Gasteiger partial charge in [0.05, 0.1) is 33.0 Å². The highest BCUT2D eigenvalue weighted by molar-refractivity contribution is 6.78. The highest BCUT2D eigenvalue weighted by Gasteiger charge is 2.48. The third-order valence-corrected chi connectivity index (χ3v) is 14.9. The fourth-order valence-electron chi connectivity index (χ4n) is 6.93. The van der Waals surface area contributed by atoms with Crippen molar-refractivity contribution in [1.29, 1.82) is 0 Å². The maximum atomic E-state index is 7.07. The minimum atomic E-state index is -2.13. The first-order valence-electron chi connectivity index (χ1n) is 14.7. The van der Waals surface area contributed by atoms with Gasteiger partial charge in [0, 0.05) is 6.42 Å². The smallest absolute Gasteiger partial charge is 0.258 e. The lowest BCUT2D eigenvalue weighted by Gasteiger charge is -2.44. The van der Waals surface area contributed by atoms with Gasteiger partial charge in [-0.1, -0.05) is 53.7 Å². The van der Waals surface area contributed by atoms with E-state index in [9.17, 15) is 0 Å². The number of benzene rings is 2. The van der Waals surface area contributed by atoms with Crippen molar-refractivity contribution < 1.29 is 23.4 Å². The van der Waals surface area contributed by atoms with Crippen LogP contribution in [0.25, 0.3) is 6.08 Å². The molecule has 6 heteroatoms. The first kappa shape index (κ1) is 29.5. The van der Waals surface area contributed by atoms with Crippen LogP contribution in [0.15, 0.2) is 42.0 Å². The number of rotatable bonds is 12. The van der Waals surface area contributed by atoms with Crippen LogP contribution in [-0.2, 0) is 11.3 Å². The predicted molar refractivity (Wildman–Crippen MR) is 162 cm³/mol. The second-order valence-electron chi connectivity index (χ2n) is 12.1. The molecule has 4 rings (SSSR count). The van der Waals surface area contributed by atoms with E-state index in [1.54, 1.807) is 14.2 Å². The molecule has 2 aromatic carbocycles. The molecule has 0 N–H and O–H groups in total. The Balaban J connectivity index is 1.56. The van der Waals surface area contributed by atoms with Gasteiger partial charge in [0.2, 0.25) is 0 Å². The first-order chi connectivity index (χ1) is 18.7. The summed E-state index contributed by atoms with van der Waals surface area (Å²) < 4.78 is 31.4. The average molecular weight is 553 g/mol. The van der Waals surface area contributed by atoms with Crippen molar-refractivity contribution in [2.75, 3.05) is 20.8 Å². The Morgan fingerprint density at radius 3 is 2.18 bits per heavy atom. The lowest BCUT2D eigenvalue weighted by atomic mass is 9.75. The van der Waals surface area contributed by atoms with Crippen molar-refractivity contribution in [1.82, 2.24) is 0 Å². The molecule has 0 saturated heterocycles. The van der Waals surface area contributed by atoms with Gasteiger partial charge in [-0.05, 0) is 83.8 Å². The van der Waals surface area contributed by atoms with Gasteiger partial charge in [0.25, 0.3) is 8.32 Å². The van der Waals surface area contributed by atoms with Gasteiger partial charge < -0.3 is 23.4 Å². The van der Waals surface area contributed by atoms with Crippen LogP contribution < -0.4 is 18.6 Å². The zero-order valence-electron chi connectivity index (χ0n) is 25.3. The fraction of sp³-hybridized carbons (Fsp3) is 0.576. The van der Waals surface area contributed by atoms with E-state index >= 15 is 0 Å². The van der Waals surface area contributed by atoms with Gasteiger partial charge in [0.1, 0.15) is 22.8 Å². The van der Waals surface area contributed by atoms with Crippen LogP contribution in [0.2, 0.25) is 16.6 Å². The normalized spacial score (nSPS) is 18.9. The van der Waals surface area contributed by atoms with Gasteiger partial charge in [-0.3, -0.25) is 0 Å². The van der Waals surface area contributed by atoms with E-state index in [0.717, 1.165) is 59.8 Å². The topological polar surface area (TPSA) is 46.2 Å². The summed E-state index contributed by atoms with van der Waals surface area (Å²) in [5, 5.41) is 0. The molecule has 1 aliphatic heterocycles. The van der Waals surface area contributed by atoms with Crippen molar-refractivity contribution in [2.24, 2.45) is 0 Å². The summed E-state index contributed by atoms with van der Waals surface area (Å²) in [4.78, 5) is 0. The van der Waals surface area contributed by atoms with Crippen LogP contribution in [0, 0.1) is 0 Å². The van der Waals surface area contributed by atoms with Crippen LogP contribution in [0.4, 0.5) is 0 Å². The lowest BCUT2D eigenvalue weighted by Crippen LogP contribution is -2.50. The minimum absolute atomic E-state index is 0.315. The summed E-state index contributed by atoms with van der Waals surface area (Å²) >= 11 is 0. The van der Waals surface area contributed by atoms with E-state index in [2.05, 4.69) is 71.9 Å². The van der Waals surface area contributed by atoms with E-state index in [-0.39, 0.29) is 5.60 Å². The SMILES string of the molecule is COc1ccc(COCC[C@]23CCCCC2=Cc2c(ccc(O[Si](C(C)C)(C(C)C)C(C)C)c2OC)O3)cc1. The van der Waals surface area contributed by atoms with Crippen LogP contribution in [0.1, 0.15) is 84.8 Å². The van der Waals surface area contributed by atoms with Crippen LogP contribution in [-0.4, -0.2) is 34.7 Å². The van der Waals surface area contributed by atoms with Gasteiger partial charge >= 0.3 is 0 Å². The maximum absolute atomic E-state index is 7.07. The Morgan fingerprint density at radius 1 is 0.872 bits per heavy atom. The second-order valence-corrected chi connectivity index (χ2v) is 17.4. The predicted octanol–water partition coefficient (Wildman–Crippen LogP) is 8.95. The quantitative estimate of drug-likeness (QED) is 0.194. The lowest BCUT2D eigenvalue weighted by molar-refractivity contribution is 0.0229. The molecule has 0 unspecified atom stereocenters. The Hall–Kier alpha value is -2.44. The van der Waals surface area contributed by atoms with Crippen molar-refractivity contribution in [2.45, 2.75) is 102 Å². The third kappa shape index (κ3) is 5.87. The van der Waals surface area contributed by atoms with E-state index in [4.69, 9.17) is 23.4 Å². The molecule has 0 spiro atoms. The van der Waals surface area contributed by atoms with E-state index < -0.39 is 8.32 Å². The Bertz CT molecular complexity index is 1120. The molecule has 0 amide bonds. The zero-order chi connectivity index (χ0) is 28.2. The highest BCUT2D eigenvalue weighted by Crippen LogP contribution is 2.52. The second kappa shape index (κ2) is 12.4. The summed E-state index contributed by atoms with van der Waals surface area (Å²) in [5.41, 5.74) is 4.64. The maximum Gasteiger partial charge on any atom is 0.258 e. The molecule has 1 aliphatic carbocycles. The average Bonchev–Trinajstić information content (AvgIpc) is 2.92. The van der Waals surface area contributed by atoms with Crippen LogP contribution in [0.5, 0.6) is 23.0 Å². The Morgan fingerprint density at radius 2 is 1.56 bits per heavy atom. The number of hydrogen-bond acceptors (Lipinski definition) is 5. The van der Waals surface area contributed by atoms with E-state index in [1.807, 2.05) is 12.1 Å². The van der Waals surface area contributed by atoms with Gasteiger partial charge in [-0.2, -0.15) is 0 Å². The molecule has 39 heavy (non-hydrogen) atoms. The Kier molecular flexibility index (Phi) is 9.38. The summed E-state index contributed by atoms with van der Waals surface area (Å²) in [6.45, 7) is 15.1. The fourth-order valence-corrected chi connectivity index (χ4v) is 12.2. The summed E-state index contributed by atoms with van der Waals surface area (Å²) in [7, 11) is 1.30. The van der Waals surface area contributed by atoms with E-state index in [1.165, 1.54) is 12.0 Å². The zero-order valence-corrected chi connectivity index (χ0v) is 26.3. The first-order valence-corrected chi connectivity index (χ1v) is 16.8. The van der Waals surface area contributed by atoms with Crippen molar-refractivity contribution in [3.8, 4) is 23.0 Å².